The fourth-order valence-corrected chi connectivity index (χ4v) is 2.23. The Balaban J connectivity index is 2.14. The highest BCUT2D eigenvalue weighted by Gasteiger charge is 2.07. The number of methoxy groups -OCH3 is 2. The van der Waals surface area contributed by atoms with Crippen molar-refractivity contribution in [1.82, 2.24) is 4.98 Å². The van der Waals surface area contributed by atoms with E-state index in [1.54, 1.807) is 38.5 Å². The molecule has 0 spiro atoms. The number of pyridine rings is 1. The van der Waals surface area contributed by atoms with Gasteiger partial charge in [0.05, 0.1) is 24.3 Å². The summed E-state index contributed by atoms with van der Waals surface area (Å²) in [7, 11) is 3.12. The van der Waals surface area contributed by atoms with Crippen LogP contribution in [0.3, 0.4) is 0 Å². The zero-order valence-corrected chi connectivity index (χ0v) is 14.0. The van der Waals surface area contributed by atoms with Crippen molar-refractivity contribution >= 4 is 41.0 Å². The van der Waals surface area contributed by atoms with E-state index in [9.17, 15) is 4.79 Å². The lowest BCUT2D eigenvalue weighted by Crippen LogP contribution is -2.09. The lowest BCUT2D eigenvalue weighted by molar-refractivity contribution is -0.111. The van der Waals surface area contributed by atoms with E-state index in [1.807, 2.05) is 0 Å². The van der Waals surface area contributed by atoms with Gasteiger partial charge in [0, 0.05) is 17.8 Å². The van der Waals surface area contributed by atoms with Gasteiger partial charge in [-0.25, -0.2) is 4.98 Å². The van der Waals surface area contributed by atoms with Gasteiger partial charge in [0.1, 0.15) is 11.5 Å². The zero-order chi connectivity index (χ0) is 16.8. The Kier molecular flexibility index (Phi) is 5.84. The van der Waals surface area contributed by atoms with Gasteiger partial charge in [0.2, 0.25) is 5.91 Å². The maximum absolute atomic E-state index is 12.0. The van der Waals surface area contributed by atoms with E-state index >= 15 is 0 Å². The number of amides is 1. The fourth-order valence-electron chi connectivity index (χ4n) is 1.80. The van der Waals surface area contributed by atoms with Crippen LogP contribution in [0.4, 0.5) is 5.82 Å². The lowest BCUT2D eigenvalue weighted by atomic mass is 10.1. The molecule has 0 aliphatic heterocycles. The number of hydrogen-bond donors (Lipinski definition) is 1. The van der Waals surface area contributed by atoms with Crippen molar-refractivity contribution in [2.24, 2.45) is 0 Å². The quantitative estimate of drug-likeness (QED) is 0.824. The number of nitrogens with one attached hydrogen (secondary N) is 1. The molecule has 120 valence electrons. The Hall–Kier alpha value is -2.24. The predicted octanol–water partition coefficient (Wildman–Crippen LogP) is 4.06. The molecule has 0 saturated heterocycles. The van der Waals surface area contributed by atoms with E-state index in [2.05, 4.69) is 10.3 Å². The highest BCUT2D eigenvalue weighted by molar-refractivity contribution is 6.36. The fraction of sp³-hybridized carbons (Fsp3) is 0.125. The molecule has 2 rings (SSSR count). The summed E-state index contributed by atoms with van der Waals surface area (Å²) in [5.41, 5.74) is 0.706. The van der Waals surface area contributed by atoms with Crippen molar-refractivity contribution in [3.05, 3.63) is 52.1 Å². The lowest BCUT2D eigenvalue weighted by Gasteiger charge is -2.07. The van der Waals surface area contributed by atoms with Crippen LogP contribution in [0.15, 0.2) is 36.5 Å². The number of anilines is 1. The normalized spacial score (nSPS) is 10.6. The second kappa shape index (κ2) is 7.85. The Labute approximate surface area is 143 Å². The molecule has 0 atom stereocenters. The average molecular weight is 353 g/mol. The number of carbonyl (C=O) groups excluding carboxylic acids is 1. The Morgan fingerprint density at radius 1 is 1.22 bits per heavy atom. The molecule has 1 aromatic heterocycles. The third kappa shape index (κ3) is 4.61. The third-order valence-corrected chi connectivity index (χ3v) is 3.40. The summed E-state index contributed by atoms with van der Waals surface area (Å²) in [4.78, 5) is 15.9. The number of ether oxygens (including phenoxy) is 2. The number of halogens is 2. The molecule has 1 heterocycles. The van der Waals surface area contributed by atoms with Gasteiger partial charge in [-0.3, -0.25) is 4.79 Å². The Morgan fingerprint density at radius 3 is 2.65 bits per heavy atom. The maximum Gasteiger partial charge on any atom is 0.249 e. The van der Waals surface area contributed by atoms with Crippen LogP contribution < -0.4 is 14.8 Å². The van der Waals surface area contributed by atoms with Gasteiger partial charge in [-0.05, 0) is 30.3 Å². The van der Waals surface area contributed by atoms with Gasteiger partial charge in [0.25, 0.3) is 0 Å². The van der Waals surface area contributed by atoms with Crippen molar-refractivity contribution in [1.29, 1.82) is 0 Å². The van der Waals surface area contributed by atoms with Crippen LogP contribution in [-0.4, -0.2) is 25.1 Å². The van der Waals surface area contributed by atoms with Crippen molar-refractivity contribution in [3.63, 3.8) is 0 Å². The molecule has 5 nitrogen and oxygen atoms in total. The van der Waals surface area contributed by atoms with E-state index in [1.165, 1.54) is 18.3 Å². The van der Waals surface area contributed by atoms with Crippen LogP contribution in [0, 0.1) is 0 Å². The summed E-state index contributed by atoms with van der Waals surface area (Å²) in [6, 6.07) is 6.79. The summed E-state index contributed by atoms with van der Waals surface area (Å²) in [5.74, 6) is 1.14. The second-order valence-corrected chi connectivity index (χ2v) is 5.26. The first-order chi connectivity index (χ1) is 11.0. The van der Waals surface area contributed by atoms with E-state index in [0.717, 1.165) is 0 Å². The first kappa shape index (κ1) is 17.1. The molecule has 2 aromatic rings. The van der Waals surface area contributed by atoms with Crippen molar-refractivity contribution < 1.29 is 14.3 Å². The van der Waals surface area contributed by atoms with Crippen molar-refractivity contribution in [2.75, 3.05) is 19.5 Å². The highest BCUT2D eigenvalue weighted by atomic mass is 35.5. The number of nitrogens with zero attached hydrogens (tertiary/aromatic N) is 1. The highest BCUT2D eigenvalue weighted by Crippen LogP contribution is 2.25. The first-order valence-electron chi connectivity index (χ1n) is 6.55. The smallest absolute Gasteiger partial charge is 0.249 e. The van der Waals surface area contributed by atoms with Gasteiger partial charge < -0.3 is 14.8 Å². The molecule has 0 radical (unpaired) electrons. The van der Waals surface area contributed by atoms with Crippen LogP contribution in [-0.2, 0) is 4.79 Å². The predicted molar refractivity (Wildman–Crippen MR) is 91.5 cm³/mol. The summed E-state index contributed by atoms with van der Waals surface area (Å²) < 4.78 is 10.4. The molecule has 0 aliphatic carbocycles. The monoisotopic (exact) mass is 352 g/mol. The van der Waals surface area contributed by atoms with Crippen LogP contribution in [0.1, 0.15) is 5.56 Å². The largest absolute Gasteiger partial charge is 0.497 e. The van der Waals surface area contributed by atoms with E-state index in [-0.39, 0.29) is 16.7 Å². The topological polar surface area (TPSA) is 60.5 Å². The minimum Gasteiger partial charge on any atom is -0.497 e. The molecule has 0 bridgehead atoms. The summed E-state index contributed by atoms with van der Waals surface area (Å²) >= 11 is 11.7. The molecule has 23 heavy (non-hydrogen) atoms. The molecule has 0 unspecified atom stereocenters. The summed E-state index contributed by atoms with van der Waals surface area (Å²) in [6.45, 7) is 0. The van der Waals surface area contributed by atoms with E-state index in [4.69, 9.17) is 32.7 Å². The van der Waals surface area contributed by atoms with Crippen molar-refractivity contribution in [2.45, 2.75) is 0 Å². The molecule has 0 aliphatic rings. The van der Waals surface area contributed by atoms with Gasteiger partial charge in [-0.2, -0.15) is 0 Å². The third-order valence-electron chi connectivity index (χ3n) is 2.90. The molecule has 1 amide bonds. The molecule has 1 aromatic carbocycles. The zero-order valence-electron chi connectivity index (χ0n) is 12.5. The SMILES string of the molecule is COc1ccc(OC)c(/C=C/C(=O)Nc2ncc(Cl)cc2Cl)c1. The van der Waals surface area contributed by atoms with E-state index in [0.29, 0.717) is 22.1 Å². The molecule has 1 N–H and O–H groups in total. The minimum absolute atomic E-state index is 0.239. The molecular weight excluding hydrogens is 339 g/mol. The Bertz CT molecular complexity index is 748. The van der Waals surface area contributed by atoms with Crippen molar-refractivity contribution in [3.8, 4) is 11.5 Å². The van der Waals surface area contributed by atoms with Crippen LogP contribution in [0.25, 0.3) is 6.08 Å². The van der Waals surface area contributed by atoms with Gasteiger partial charge >= 0.3 is 0 Å². The molecule has 0 saturated carbocycles. The maximum atomic E-state index is 12.0. The van der Waals surface area contributed by atoms with Gasteiger partial charge in [-0.1, -0.05) is 23.2 Å². The van der Waals surface area contributed by atoms with Crippen LogP contribution >= 0.6 is 23.2 Å². The summed E-state index contributed by atoms with van der Waals surface area (Å²) in [5, 5.41) is 3.23. The van der Waals surface area contributed by atoms with E-state index < -0.39 is 0 Å². The minimum atomic E-state index is -0.383. The number of benzene rings is 1. The standard InChI is InChI=1S/C16H14Cl2N2O3/c1-22-12-4-5-14(23-2)10(7-12)3-6-15(21)20-16-13(18)8-11(17)9-19-16/h3-9H,1-2H3,(H,19,20,21)/b6-3+. The number of rotatable bonds is 5. The van der Waals surface area contributed by atoms with Crippen LogP contribution in [0.2, 0.25) is 10.0 Å². The van der Waals surface area contributed by atoms with Crippen LogP contribution in [0.5, 0.6) is 11.5 Å². The average Bonchev–Trinajstić information content (AvgIpc) is 2.55. The number of aromatic nitrogens is 1. The number of hydrogen-bond acceptors (Lipinski definition) is 4. The number of carbonyl (C=O) groups is 1. The molecular formula is C16H14Cl2N2O3. The second-order valence-electron chi connectivity index (χ2n) is 4.41. The first-order valence-corrected chi connectivity index (χ1v) is 7.31. The summed E-state index contributed by atoms with van der Waals surface area (Å²) in [6.07, 6.45) is 4.36. The molecule has 7 heteroatoms. The van der Waals surface area contributed by atoms with Gasteiger partial charge in [0.15, 0.2) is 5.82 Å². The van der Waals surface area contributed by atoms with Gasteiger partial charge in [-0.15, -0.1) is 0 Å². The Morgan fingerprint density at radius 2 is 2.00 bits per heavy atom. The molecule has 0 fully saturated rings.